The highest BCUT2D eigenvalue weighted by molar-refractivity contribution is 5.91. The van der Waals surface area contributed by atoms with Crippen molar-refractivity contribution in [2.24, 2.45) is 0 Å². The molecule has 6 nitrogen and oxygen atoms in total. The molecule has 1 saturated carbocycles. The molecular weight excluding hydrogens is 256 g/mol. The largest absolute Gasteiger partial charge is 0.394 e. The van der Waals surface area contributed by atoms with E-state index in [9.17, 15) is 9.90 Å². The molecule has 1 aromatic rings. The topological polar surface area (TPSA) is 78.4 Å². The van der Waals surface area contributed by atoms with Crippen molar-refractivity contribution in [1.29, 1.82) is 0 Å². The molecule has 6 heteroatoms. The SMILES string of the molecule is CN(C)C(=O)c1ccc(NC2(CO)CCCCC2)nn1. The molecule has 1 aromatic heterocycles. The molecule has 1 amide bonds. The van der Waals surface area contributed by atoms with E-state index >= 15 is 0 Å². The van der Waals surface area contributed by atoms with Crippen LogP contribution in [0, 0.1) is 0 Å². The smallest absolute Gasteiger partial charge is 0.273 e. The van der Waals surface area contributed by atoms with E-state index in [0.29, 0.717) is 11.5 Å². The molecule has 0 atom stereocenters. The first-order chi connectivity index (χ1) is 9.56. The van der Waals surface area contributed by atoms with Crippen molar-refractivity contribution in [2.45, 2.75) is 37.6 Å². The van der Waals surface area contributed by atoms with Gasteiger partial charge >= 0.3 is 0 Å². The maximum atomic E-state index is 11.7. The molecule has 0 aliphatic heterocycles. The maximum absolute atomic E-state index is 11.7. The Bertz CT molecular complexity index is 453. The third-order valence-electron chi connectivity index (χ3n) is 3.80. The van der Waals surface area contributed by atoms with Gasteiger partial charge in [-0.25, -0.2) is 0 Å². The van der Waals surface area contributed by atoms with Crippen molar-refractivity contribution in [2.75, 3.05) is 26.0 Å². The Labute approximate surface area is 119 Å². The Balaban J connectivity index is 2.08. The number of rotatable bonds is 4. The van der Waals surface area contributed by atoms with Crippen LogP contribution in [0.3, 0.4) is 0 Å². The molecule has 1 fully saturated rings. The van der Waals surface area contributed by atoms with Gasteiger partial charge < -0.3 is 15.3 Å². The van der Waals surface area contributed by atoms with Gasteiger partial charge in [-0.1, -0.05) is 19.3 Å². The quantitative estimate of drug-likeness (QED) is 0.867. The molecule has 1 heterocycles. The van der Waals surface area contributed by atoms with Crippen LogP contribution in [-0.2, 0) is 0 Å². The van der Waals surface area contributed by atoms with Gasteiger partial charge in [0, 0.05) is 14.1 Å². The Kier molecular flexibility index (Phi) is 4.54. The van der Waals surface area contributed by atoms with Crippen LogP contribution in [0.5, 0.6) is 0 Å². The lowest BCUT2D eigenvalue weighted by Crippen LogP contribution is -2.44. The second-order valence-electron chi connectivity index (χ2n) is 5.63. The zero-order chi connectivity index (χ0) is 14.6. The van der Waals surface area contributed by atoms with Gasteiger partial charge in [-0.05, 0) is 25.0 Å². The third-order valence-corrected chi connectivity index (χ3v) is 3.80. The fraction of sp³-hybridized carbons (Fsp3) is 0.643. The van der Waals surface area contributed by atoms with E-state index in [1.54, 1.807) is 26.2 Å². The molecule has 0 spiro atoms. The van der Waals surface area contributed by atoms with E-state index in [1.807, 2.05) is 0 Å². The molecule has 0 unspecified atom stereocenters. The van der Waals surface area contributed by atoms with Crippen LogP contribution in [0.1, 0.15) is 42.6 Å². The average Bonchev–Trinajstić information content (AvgIpc) is 2.48. The summed E-state index contributed by atoms with van der Waals surface area (Å²) in [4.78, 5) is 13.2. The maximum Gasteiger partial charge on any atom is 0.273 e. The second-order valence-corrected chi connectivity index (χ2v) is 5.63. The number of aliphatic hydroxyl groups excluding tert-OH is 1. The minimum Gasteiger partial charge on any atom is -0.394 e. The average molecular weight is 278 g/mol. The lowest BCUT2D eigenvalue weighted by molar-refractivity contribution is 0.0821. The Morgan fingerprint density at radius 1 is 1.30 bits per heavy atom. The monoisotopic (exact) mass is 278 g/mol. The normalized spacial score (nSPS) is 17.6. The van der Waals surface area contributed by atoms with Gasteiger partial charge in [0.15, 0.2) is 5.69 Å². The van der Waals surface area contributed by atoms with Crippen molar-refractivity contribution in [3.05, 3.63) is 17.8 Å². The molecule has 0 aromatic carbocycles. The van der Waals surface area contributed by atoms with Crippen LogP contribution in [0.15, 0.2) is 12.1 Å². The van der Waals surface area contributed by atoms with Crippen LogP contribution >= 0.6 is 0 Å². The van der Waals surface area contributed by atoms with E-state index < -0.39 is 0 Å². The highest BCUT2D eigenvalue weighted by atomic mass is 16.3. The summed E-state index contributed by atoms with van der Waals surface area (Å²) in [7, 11) is 3.36. The van der Waals surface area contributed by atoms with Gasteiger partial charge in [-0.3, -0.25) is 4.79 Å². The lowest BCUT2D eigenvalue weighted by Gasteiger charge is -2.36. The van der Waals surface area contributed by atoms with E-state index in [2.05, 4.69) is 15.5 Å². The van der Waals surface area contributed by atoms with E-state index in [1.165, 1.54) is 11.3 Å². The molecule has 0 bridgehead atoms. The molecule has 1 aliphatic rings. The van der Waals surface area contributed by atoms with Crippen LogP contribution < -0.4 is 5.32 Å². The number of hydrogen-bond acceptors (Lipinski definition) is 5. The van der Waals surface area contributed by atoms with Crippen LogP contribution in [0.25, 0.3) is 0 Å². The van der Waals surface area contributed by atoms with Crippen LogP contribution in [0.4, 0.5) is 5.82 Å². The Morgan fingerprint density at radius 3 is 2.50 bits per heavy atom. The number of aromatic nitrogens is 2. The van der Waals surface area contributed by atoms with Gasteiger partial charge in [0.1, 0.15) is 5.82 Å². The summed E-state index contributed by atoms with van der Waals surface area (Å²) in [6, 6.07) is 3.40. The number of carbonyl (C=O) groups excluding carboxylic acids is 1. The van der Waals surface area contributed by atoms with Crippen LogP contribution in [0.2, 0.25) is 0 Å². The number of aliphatic hydroxyl groups is 1. The molecule has 2 N–H and O–H groups in total. The van der Waals surface area contributed by atoms with Crippen LogP contribution in [-0.4, -0.2) is 52.4 Å². The summed E-state index contributed by atoms with van der Waals surface area (Å²) in [5, 5.41) is 20.9. The molecule has 2 rings (SSSR count). The minimum atomic E-state index is -0.292. The van der Waals surface area contributed by atoms with Gasteiger partial charge in [-0.15, -0.1) is 10.2 Å². The third kappa shape index (κ3) is 3.25. The molecular formula is C14H22N4O2. The predicted molar refractivity (Wildman–Crippen MR) is 76.6 cm³/mol. The highest BCUT2D eigenvalue weighted by Crippen LogP contribution is 2.30. The van der Waals surface area contributed by atoms with Gasteiger partial charge in [0.05, 0.1) is 12.1 Å². The van der Waals surface area contributed by atoms with Gasteiger partial charge in [-0.2, -0.15) is 0 Å². The number of carbonyl (C=O) groups is 1. The first kappa shape index (κ1) is 14.7. The zero-order valence-corrected chi connectivity index (χ0v) is 12.1. The van der Waals surface area contributed by atoms with Gasteiger partial charge in [0.25, 0.3) is 5.91 Å². The Hall–Kier alpha value is -1.69. The fourth-order valence-corrected chi connectivity index (χ4v) is 2.56. The summed E-state index contributed by atoms with van der Waals surface area (Å²) in [6.07, 6.45) is 5.30. The standard InChI is InChI=1S/C14H22N4O2/c1-18(2)13(20)11-6-7-12(17-16-11)15-14(10-19)8-4-3-5-9-14/h6-7,19H,3-5,8-10H2,1-2H3,(H,15,17). The summed E-state index contributed by atoms with van der Waals surface area (Å²) < 4.78 is 0. The first-order valence-corrected chi connectivity index (χ1v) is 7.01. The number of anilines is 1. The van der Waals surface area contributed by atoms with E-state index in [0.717, 1.165) is 25.7 Å². The molecule has 0 radical (unpaired) electrons. The number of nitrogens with zero attached hydrogens (tertiary/aromatic N) is 3. The number of nitrogens with one attached hydrogen (secondary N) is 1. The summed E-state index contributed by atoms with van der Waals surface area (Å²) in [6.45, 7) is 0.0903. The van der Waals surface area contributed by atoms with E-state index in [4.69, 9.17) is 0 Å². The van der Waals surface area contributed by atoms with E-state index in [-0.39, 0.29) is 18.1 Å². The number of amides is 1. The first-order valence-electron chi connectivity index (χ1n) is 7.01. The summed E-state index contributed by atoms with van der Waals surface area (Å²) in [5.41, 5.74) is 0.0299. The predicted octanol–water partition coefficient (Wildman–Crippen LogP) is 1.29. The molecule has 110 valence electrons. The molecule has 0 saturated heterocycles. The Morgan fingerprint density at radius 2 is 2.00 bits per heavy atom. The second kappa shape index (κ2) is 6.17. The summed E-state index contributed by atoms with van der Waals surface area (Å²) in [5.74, 6) is 0.440. The zero-order valence-electron chi connectivity index (χ0n) is 12.1. The van der Waals surface area contributed by atoms with Crippen molar-refractivity contribution in [1.82, 2.24) is 15.1 Å². The van der Waals surface area contributed by atoms with Gasteiger partial charge in [0.2, 0.25) is 0 Å². The summed E-state index contributed by atoms with van der Waals surface area (Å²) >= 11 is 0. The fourth-order valence-electron chi connectivity index (χ4n) is 2.56. The van der Waals surface area contributed by atoms with Crippen molar-refractivity contribution >= 4 is 11.7 Å². The van der Waals surface area contributed by atoms with Crippen molar-refractivity contribution in [3.63, 3.8) is 0 Å². The van der Waals surface area contributed by atoms with Crippen molar-refractivity contribution in [3.8, 4) is 0 Å². The lowest BCUT2D eigenvalue weighted by atomic mass is 9.82. The number of hydrogen-bond donors (Lipinski definition) is 2. The van der Waals surface area contributed by atoms with Crippen molar-refractivity contribution < 1.29 is 9.90 Å². The molecule has 1 aliphatic carbocycles. The molecule has 20 heavy (non-hydrogen) atoms. The minimum absolute atomic E-state index is 0.0903. The highest BCUT2D eigenvalue weighted by Gasteiger charge is 2.31.